The second-order valence-electron chi connectivity index (χ2n) is 4.85. The van der Waals surface area contributed by atoms with E-state index in [1.165, 1.54) is 11.1 Å². The Labute approximate surface area is 121 Å². The predicted molar refractivity (Wildman–Crippen MR) is 82.3 cm³/mol. The molecule has 3 aromatic heterocycles. The lowest BCUT2D eigenvalue weighted by molar-refractivity contribution is 0.888. The molecule has 104 valence electrons. The van der Waals surface area contributed by atoms with E-state index in [0.717, 1.165) is 34.9 Å². The third-order valence-corrected chi connectivity index (χ3v) is 4.36. The fourth-order valence-corrected chi connectivity index (χ4v) is 2.94. The minimum Gasteiger partial charge on any atom is -0.368 e. The largest absolute Gasteiger partial charge is 0.368 e. The highest BCUT2D eigenvalue weighted by molar-refractivity contribution is 7.09. The van der Waals surface area contributed by atoms with Crippen LogP contribution in [0.25, 0.3) is 10.8 Å². The zero-order valence-corrected chi connectivity index (χ0v) is 12.7. The lowest BCUT2D eigenvalue weighted by Gasteiger charge is -2.07. The van der Waals surface area contributed by atoms with Crippen LogP contribution in [0, 0.1) is 13.8 Å². The molecular weight excluding hydrogens is 270 g/mol. The van der Waals surface area contributed by atoms with Gasteiger partial charge in [0.15, 0.2) is 5.82 Å². The lowest BCUT2D eigenvalue weighted by atomic mass is 10.2. The number of anilines is 1. The van der Waals surface area contributed by atoms with Gasteiger partial charge in [0.2, 0.25) is 0 Å². The third-order valence-electron chi connectivity index (χ3n) is 3.52. The van der Waals surface area contributed by atoms with Gasteiger partial charge in [0.05, 0.1) is 10.7 Å². The predicted octanol–water partition coefficient (Wildman–Crippen LogP) is 2.70. The Morgan fingerprint density at radius 3 is 2.90 bits per heavy atom. The average molecular weight is 287 g/mol. The molecule has 0 atom stereocenters. The zero-order chi connectivity index (χ0) is 14.1. The molecule has 0 spiro atoms. The molecular formula is C14H17N5S. The van der Waals surface area contributed by atoms with Crippen molar-refractivity contribution >= 4 is 27.9 Å². The maximum Gasteiger partial charge on any atom is 0.158 e. The third kappa shape index (κ3) is 2.27. The molecule has 0 aliphatic heterocycles. The second kappa shape index (κ2) is 5.20. The van der Waals surface area contributed by atoms with Gasteiger partial charge in [0, 0.05) is 54.3 Å². The molecule has 0 aliphatic rings. The number of nitrogens with one attached hydrogen (secondary N) is 1. The van der Waals surface area contributed by atoms with Crippen molar-refractivity contribution in [3.63, 3.8) is 0 Å². The molecule has 20 heavy (non-hydrogen) atoms. The molecule has 3 heterocycles. The minimum atomic E-state index is 0.814. The lowest BCUT2D eigenvalue weighted by Crippen LogP contribution is -2.08. The molecule has 3 aromatic rings. The van der Waals surface area contributed by atoms with E-state index in [-0.39, 0.29) is 0 Å². The Morgan fingerprint density at radius 1 is 1.30 bits per heavy atom. The van der Waals surface area contributed by atoms with Gasteiger partial charge in [-0.3, -0.25) is 0 Å². The van der Waals surface area contributed by atoms with E-state index in [2.05, 4.69) is 38.2 Å². The second-order valence-corrected chi connectivity index (χ2v) is 5.83. The number of hydrogen-bond acceptors (Lipinski definition) is 5. The first-order valence-electron chi connectivity index (χ1n) is 6.58. The van der Waals surface area contributed by atoms with Crippen molar-refractivity contribution in [2.24, 2.45) is 7.05 Å². The molecule has 0 amide bonds. The smallest absolute Gasteiger partial charge is 0.158 e. The van der Waals surface area contributed by atoms with Crippen molar-refractivity contribution in [2.75, 3.05) is 11.9 Å². The highest BCUT2D eigenvalue weighted by atomic mass is 32.1. The van der Waals surface area contributed by atoms with Gasteiger partial charge in [-0.15, -0.1) is 16.4 Å². The number of aryl methyl sites for hydroxylation is 3. The van der Waals surface area contributed by atoms with Gasteiger partial charge in [-0.1, -0.05) is 0 Å². The molecule has 0 saturated heterocycles. The van der Waals surface area contributed by atoms with Crippen LogP contribution in [-0.2, 0) is 13.5 Å². The summed E-state index contributed by atoms with van der Waals surface area (Å²) in [5.41, 5.74) is 2.17. The SMILES string of the molecule is Cc1nnc(NCCc2nccs2)c2c(C)n(C)cc12. The van der Waals surface area contributed by atoms with Gasteiger partial charge in [-0.25, -0.2) is 4.98 Å². The van der Waals surface area contributed by atoms with Crippen LogP contribution in [0.1, 0.15) is 16.4 Å². The first kappa shape index (κ1) is 13.1. The molecule has 0 aliphatic carbocycles. The van der Waals surface area contributed by atoms with E-state index in [1.807, 2.05) is 25.5 Å². The number of nitrogens with zero attached hydrogens (tertiary/aromatic N) is 4. The first-order chi connectivity index (χ1) is 9.66. The van der Waals surface area contributed by atoms with Gasteiger partial charge in [0.1, 0.15) is 0 Å². The minimum absolute atomic E-state index is 0.814. The van der Waals surface area contributed by atoms with Crippen LogP contribution in [0.15, 0.2) is 17.8 Å². The monoisotopic (exact) mass is 287 g/mol. The average Bonchev–Trinajstić information content (AvgIpc) is 3.03. The van der Waals surface area contributed by atoms with Crippen molar-refractivity contribution in [1.29, 1.82) is 0 Å². The van der Waals surface area contributed by atoms with Crippen molar-refractivity contribution < 1.29 is 0 Å². The normalized spacial score (nSPS) is 11.2. The Balaban J connectivity index is 1.86. The van der Waals surface area contributed by atoms with E-state index >= 15 is 0 Å². The Kier molecular flexibility index (Phi) is 3.40. The Hall–Kier alpha value is -1.95. The summed E-state index contributed by atoms with van der Waals surface area (Å²) >= 11 is 1.68. The summed E-state index contributed by atoms with van der Waals surface area (Å²) in [5.74, 6) is 0.861. The standard InChI is InChI=1S/C14H17N5S/c1-9-11-8-19(3)10(2)13(11)14(18-17-9)16-5-4-12-15-6-7-20-12/h6-8H,4-5H2,1-3H3,(H,16,18). The van der Waals surface area contributed by atoms with Crippen molar-refractivity contribution in [3.8, 4) is 0 Å². The van der Waals surface area contributed by atoms with E-state index in [0.29, 0.717) is 0 Å². The molecule has 0 radical (unpaired) electrons. The summed E-state index contributed by atoms with van der Waals surface area (Å²) < 4.78 is 2.12. The van der Waals surface area contributed by atoms with Crippen molar-refractivity contribution in [1.82, 2.24) is 19.7 Å². The zero-order valence-electron chi connectivity index (χ0n) is 11.8. The van der Waals surface area contributed by atoms with E-state index in [1.54, 1.807) is 11.3 Å². The Bertz CT molecular complexity index is 730. The van der Waals surface area contributed by atoms with Crippen molar-refractivity contribution in [3.05, 3.63) is 34.2 Å². The number of hydrogen-bond donors (Lipinski definition) is 1. The summed E-state index contributed by atoms with van der Waals surface area (Å²) in [6.45, 7) is 4.91. The summed E-state index contributed by atoms with van der Waals surface area (Å²) in [4.78, 5) is 4.28. The van der Waals surface area contributed by atoms with Crippen LogP contribution < -0.4 is 5.32 Å². The number of thiazole rings is 1. The number of aromatic nitrogens is 4. The topological polar surface area (TPSA) is 55.6 Å². The van der Waals surface area contributed by atoms with Crippen molar-refractivity contribution in [2.45, 2.75) is 20.3 Å². The van der Waals surface area contributed by atoms with Crippen LogP contribution >= 0.6 is 11.3 Å². The summed E-state index contributed by atoms with van der Waals surface area (Å²) in [6, 6.07) is 0. The summed E-state index contributed by atoms with van der Waals surface area (Å²) in [5, 5.41) is 17.4. The molecule has 0 bridgehead atoms. The summed E-state index contributed by atoms with van der Waals surface area (Å²) in [6.07, 6.45) is 4.85. The molecule has 6 heteroatoms. The van der Waals surface area contributed by atoms with Crippen LogP contribution in [-0.4, -0.2) is 26.3 Å². The quantitative estimate of drug-likeness (QED) is 0.801. The Morgan fingerprint density at radius 2 is 2.15 bits per heavy atom. The van der Waals surface area contributed by atoms with Gasteiger partial charge in [0.25, 0.3) is 0 Å². The molecule has 0 saturated carbocycles. The highest BCUT2D eigenvalue weighted by Gasteiger charge is 2.12. The molecule has 0 aromatic carbocycles. The maximum atomic E-state index is 4.31. The maximum absolute atomic E-state index is 4.31. The number of rotatable bonds is 4. The number of fused-ring (bicyclic) bond motifs is 1. The van der Waals surface area contributed by atoms with Gasteiger partial charge < -0.3 is 9.88 Å². The fraction of sp³-hybridized carbons (Fsp3) is 0.357. The molecule has 0 fully saturated rings. The van der Waals surface area contributed by atoms with Crippen LogP contribution in [0.4, 0.5) is 5.82 Å². The van der Waals surface area contributed by atoms with E-state index < -0.39 is 0 Å². The van der Waals surface area contributed by atoms with E-state index in [9.17, 15) is 0 Å². The van der Waals surface area contributed by atoms with Crippen LogP contribution in [0.5, 0.6) is 0 Å². The van der Waals surface area contributed by atoms with Gasteiger partial charge in [-0.05, 0) is 13.8 Å². The molecule has 0 unspecified atom stereocenters. The fourth-order valence-electron chi connectivity index (χ4n) is 2.32. The highest BCUT2D eigenvalue weighted by Crippen LogP contribution is 2.27. The van der Waals surface area contributed by atoms with Gasteiger partial charge in [-0.2, -0.15) is 5.10 Å². The molecule has 1 N–H and O–H groups in total. The van der Waals surface area contributed by atoms with Gasteiger partial charge >= 0.3 is 0 Å². The van der Waals surface area contributed by atoms with Crippen LogP contribution in [0.2, 0.25) is 0 Å². The first-order valence-corrected chi connectivity index (χ1v) is 7.46. The summed E-state index contributed by atoms with van der Waals surface area (Å²) in [7, 11) is 2.05. The molecule has 3 rings (SSSR count). The van der Waals surface area contributed by atoms with Crippen LogP contribution in [0.3, 0.4) is 0 Å². The van der Waals surface area contributed by atoms with E-state index in [4.69, 9.17) is 0 Å². The molecule has 5 nitrogen and oxygen atoms in total.